The van der Waals surface area contributed by atoms with Crippen molar-refractivity contribution in [2.75, 3.05) is 5.32 Å². The van der Waals surface area contributed by atoms with Gasteiger partial charge in [0.05, 0.1) is 16.3 Å². The summed E-state index contributed by atoms with van der Waals surface area (Å²) in [6, 6.07) is 9.69. The van der Waals surface area contributed by atoms with Crippen LogP contribution in [0.25, 0.3) is 6.08 Å². The van der Waals surface area contributed by atoms with E-state index >= 15 is 0 Å². The Kier molecular flexibility index (Phi) is 4.40. The number of benzene rings is 1. The van der Waals surface area contributed by atoms with Crippen molar-refractivity contribution in [3.8, 4) is 0 Å². The summed E-state index contributed by atoms with van der Waals surface area (Å²) in [5.41, 5.74) is 1.76. The summed E-state index contributed by atoms with van der Waals surface area (Å²) < 4.78 is 0. The van der Waals surface area contributed by atoms with Gasteiger partial charge in [0.2, 0.25) is 5.91 Å². The van der Waals surface area contributed by atoms with Crippen molar-refractivity contribution in [2.24, 2.45) is 0 Å². The van der Waals surface area contributed by atoms with E-state index in [1.165, 1.54) is 18.2 Å². The Labute approximate surface area is 121 Å². The number of carbonyl (C=O) groups excluding carboxylic acids is 1. The topological polar surface area (TPSA) is 85.1 Å². The van der Waals surface area contributed by atoms with E-state index in [4.69, 9.17) is 0 Å². The summed E-state index contributed by atoms with van der Waals surface area (Å²) in [5.74, 6) is -0.371. The van der Waals surface area contributed by atoms with Crippen molar-refractivity contribution in [2.45, 2.75) is 6.92 Å². The zero-order chi connectivity index (χ0) is 15.2. The van der Waals surface area contributed by atoms with E-state index < -0.39 is 4.92 Å². The molecule has 1 amide bonds. The van der Waals surface area contributed by atoms with Crippen LogP contribution in [-0.2, 0) is 4.79 Å². The summed E-state index contributed by atoms with van der Waals surface area (Å²) in [5, 5.41) is 13.3. The maximum absolute atomic E-state index is 11.8. The van der Waals surface area contributed by atoms with Gasteiger partial charge in [0.25, 0.3) is 5.69 Å². The molecule has 0 aliphatic carbocycles. The molecule has 2 aromatic rings. The van der Waals surface area contributed by atoms with Crippen molar-refractivity contribution in [3.63, 3.8) is 0 Å². The number of nitrogens with zero attached hydrogens (tertiary/aromatic N) is 2. The first-order valence-electron chi connectivity index (χ1n) is 6.21. The van der Waals surface area contributed by atoms with E-state index in [1.54, 1.807) is 37.4 Å². The van der Waals surface area contributed by atoms with Crippen LogP contribution < -0.4 is 5.32 Å². The Morgan fingerprint density at radius 2 is 2.14 bits per heavy atom. The lowest BCUT2D eigenvalue weighted by Crippen LogP contribution is -2.09. The quantitative estimate of drug-likeness (QED) is 0.531. The van der Waals surface area contributed by atoms with Crippen LogP contribution in [0.1, 0.15) is 11.3 Å². The van der Waals surface area contributed by atoms with Crippen LogP contribution in [0.15, 0.2) is 48.7 Å². The Morgan fingerprint density at radius 3 is 2.81 bits per heavy atom. The Bertz CT molecular complexity index is 697. The third-order valence-corrected chi connectivity index (χ3v) is 2.78. The number of hydrogen-bond donors (Lipinski definition) is 1. The van der Waals surface area contributed by atoms with E-state index in [-0.39, 0.29) is 11.6 Å². The highest BCUT2D eigenvalue weighted by molar-refractivity contribution is 6.02. The number of aromatic nitrogens is 1. The van der Waals surface area contributed by atoms with Gasteiger partial charge in [0, 0.05) is 24.4 Å². The predicted molar refractivity (Wildman–Crippen MR) is 79.7 cm³/mol. The second-order valence-corrected chi connectivity index (χ2v) is 4.33. The molecule has 0 aliphatic heterocycles. The smallest absolute Gasteiger partial charge is 0.271 e. The van der Waals surface area contributed by atoms with Gasteiger partial charge in [-0.05, 0) is 30.7 Å². The second kappa shape index (κ2) is 6.42. The van der Waals surface area contributed by atoms with Gasteiger partial charge in [-0.1, -0.05) is 12.1 Å². The van der Waals surface area contributed by atoms with E-state index in [1.807, 2.05) is 6.07 Å². The van der Waals surface area contributed by atoms with Gasteiger partial charge in [-0.2, -0.15) is 0 Å². The van der Waals surface area contributed by atoms with Crippen molar-refractivity contribution in [3.05, 3.63) is 70.0 Å². The number of nitro groups is 1. The minimum atomic E-state index is -0.501. The van der Waals surface area contributed by atoms with Crippen LogP contribution >= 0.6 is 0 Å². The van der Waals surface area contributed by atoms with Gasteiger partial charge >= 0.3 is 0 Å². The lowest BCUT2D eigenvalue weighted by atomic mass is 10.2. The van der Waals surface area contributed by atoms with Crippen LogP contribution in [0.5, 0.6) is 0 Å². The zero-order valence-electron chi connectivity index (χ0n) is 11.3. The van der Waals surface area contributed by atoms with E-state index in [0.29, 0.717) is 11.4 Å². The highest BCUT2D eigenvalue weighted by atomic mass is 16.6. The van der Waals surface area contributed by atoms with Crippen LogP contribution in [-0.4, -0.2) is 15.8 Å². The van der Waals surface area contributed by atoms with Gasteiger partial charge < -0.3 is 5.32 Å². The average Bonchev–Trinajstić information content (AvgIpc) is 2.48. The average molecular weight is 283 g/mol. The van der Waals surface area contributed by atoms with Gasteiger partial charge in [-0.25, -0.2) is 0 Å². The van der Waals surface area contributed by atoms with Crippen LogP contribution in [0.3, 0.4) is 0 Å². The number of nitrogens with one attached hydrogen (secondary N) is 1. The molecule has 0 fully saturated rings. The fourth-order valence-corrected chi connectivity index (χ4v) is 1.67. The normalized spacial score (nSPS) is 10.5. The SMILES string of the molecule is Cc1ccc([N+](=O)[O-])cc1NC(=O)/C=C\c1ccccn1. The molecular weight excluding hydrogens is 270 g/mol. The molecule has 0 spiro atoms. The Morgan fingerprint density at radius 1 is 1.33 bits per heavy atom. The molecule has 0 atom stereocenters. The molecule has 2 rings (SSSR count). The molecular formula is C15H13N3O3. The molecule has 0 bridgehead atoms. The maximum Gasteiger partial charge on any atom is 0.271 e. The van der Waals surface area contributed by atoms with Crippen molar-refractivity contribution < 1.29 is 9.72 Å². The maximum atomic E-state index is 11.8. The van der Waals surface area contributed by atoms with Gasteiger partial charge in [-0.3, -0.25) is 19.9 Å². The van der Waals surface area contributed by atoms with Gasteiger partial charge in [0.1, 0.15) is 0 Å². The number of non-ortho nitro benzene ring substituents is 1. The van der Waals surface area contributed by atoms with Crippen LogP contribution in [0, 0.1) is 17.0 Å². The third-order valence-electron chi connectivity index (χ3n) is 2.78. The van der Waals surface area contributed by atoms with E-state index in [0.717, 1.165) is 5.56 Å². The first-order valence-corrected chi connectivity index (χ1v) is 6.21. The van der Waals surface area contributed by atoms with Crippen molar-refractivity contribution in [1.29, 1.82) is 0 Å². The molecule has 6 heteroatoms. The molecule has 1 aromatic heterocycles. The number of carbonyl (C=O) groups is 1. The lowest BCUT2D eigenvalue weighted by molar-refractivity contribution is -0.384. The molecule has 21 heavy (non-hydrogen) atoms. The summed E-state index contributed by atoms with van der Waals surface area (Å²) in [7, 11) is 0. The third kappa shape index (κ3) is 3.97. The molecule has 0 unspecified atom stereocenters. The Hall–Kier alpha value is -3.02. The monoisotopic (exact) mass is 283 g/mol. The predicted octanol–water partition coefficient (Wildman–Crippen LogP) is 2.95. The number of rotatable bonds is 4. The summed E-state index contributed by atoms with van der Waals surface area (Å²) in [6.45, 7) is 1.77. The van der Waals surface area contributed by atoms with Gasteiger partial charge in [-0.15, -0.1) is 0 Å². The second-order valence-electron chi connectivity index (χ2n) is 4.33. The molecule has 1 aromatic carbocycles. The summed E-state index contributed by atoms with van der Waals surface area (Å²) in [6.07, 6.45) is 4.53. The zero-order valence-corrected chi connectivity index (χ0v) is 11.3. The number of pyridine rings is 1. The molecule has 1 heterocycles. The Balaban J connectivity index is 2.11. The standard InChI is InChI=1S/C15H13N3O3/c1-11-5-7-13(18(20)21)10-14(11)17-15(19)8-6-12-4-2-3-9-16-12/h2-10H,1H3,(H,17,19)/b8-6-. The number of nitro benzene ring substituents is 1. The number of hydrogen-bond acceptors (Lipinski definition) is 4. The number of anilines is 1. The molecule has 106 valence electrons. The molecule has 0 radical (unpaired) electrons. The molecule has 0 saturated carbocycles. The van der Waals surface area contributed by atoms with Crippen LogP contribution in [0.2, 0.25) is 0 Å². The van der Waals surface area contributed by atoms with E-state index in [2.05, 4.69) is 10.3 Å². The van der Waals surface area contributed by atoms with Crippen molar-refractivity contribution >= 4 is 23.4 Å². The highest BCUT2D eigenvalue weighted by Gasteiger charge is 2.09. The molecule has 0 saturated heterocycles. The molecule has 0 aliphatic rings. The number of amides is 1. The summed E-state index contributed by atoms with van der Waals surface area (Å²) in [4.78, 5) is 26.1. The first-order chi connectivity index (χ1) is 10.1. The molecule has 1 N–H and O–H groups in total. The molecule has 6 nitrogen and oxygen atoms in total. The van der Waals surface area contributed by atoms with Crippen molar-refractivity contribution in [1.82, 2.24) is 4.98 Å². The van der Waals surface area contributed by atoms with Crippen LogP contribution in [0.4, 0.5) is 11.4 Å². The fraction of sp³-hybridized carbons (Fsp3) is 0.0667. The fourth-order valence-electron chi connectivity index (χ4n) is 1.67. The number of aryl methyl sites for hydroxylation is 1. The largest absolute Gasteiger partial charge is 0.322 e. The lowest BCUT2D eigenvalue weighted by Gasteiger charge is -2.05. The summed E-state index contributed by atoms with van der Waals surface area (Å²) >= 11 is 0. The highest BCUT2D eigenvalue weighted by Crippen LogP contribution is 2.21. The minimum Gasteiger partial charge on any atom is -0.322 e. The first kappa shape index (κ1) is 14.4. The van der Waals surface area contributed by atoms with E-state index in [9.17, 15) is 14.9 Å². The van der Waals surface area contributed by atoms with Gasteiger partial charge in [0.15, 0.2) is 0 Å². The minimum absolute atomic E-state index is 0.0652.